The molecule has 0 spiro atoms. The van der Waals surface area contributed by atoms with Gasteiger partial charge in [-0.05, 0) is 23.8 Å². The predicted molar refractivity (Wildman–Crippen MR) is 121 cm³/mol. The molecule has 0 aliphatic carbocycles. The lowest BCUT2D eigenvalue weighted by Crippen LogP contribution is -2.37. The molecule has 190 valence electrons. The number of aromatic amines is 1. The smallest absolute Gasteiger partial charge is 0.242 e. The van der Waals surface area contributed by atoms with E-state index in [0.717, 1.165) is 6.07 Å². The van der Waals surface area contributed by atoms with Crippen molar-refractivity contribution in [2.75, 3.05) is 31.1 Å². The van der Waals surface area contributed by atoms with Gasteiger partial charge in [0.25, 0.3) is 0 Å². The molecular weight excluding hydrogens is 504 g/mol. The van der Waals surface area contributed by atoms with Crippen LogP contribution in [-0.2, 0) is 20.0 Å². The van der Waals surface area contributed by atoms with Crippen LogP contribution in [0.5, 0.6) is 0 Å². The number of aliphatic hydroxyl groups is 2. The number of hydrogen-bond acceptors (Lipinski definition) is 12. The number of imidazole rings is 1. The summed E-state index contributed by atoms with van der Waals surface area (Å²) in [6.07, 6.45) is 2.48. The molecule has 1 unspecified atom stereocenters. The van der Waals surface area contributed by atoms with E-state index in [1.807, 2.05) is 0 Å². The average Bonchev–Trinajstić information content (AvgIpc) is 3.53. The molecule has 1 aliphatic rings. The van der Waals surface area contributed by atoms with Crippen molar-refractivity contribution in [1.29, 1.82) is 0 Å². The number of nitrogens with two attached hydrogens (primary N) is 2. The quantitative estimate of drug-likeness (QED) is 0.167. The zero-order valence-electron chi connectivity index (χ0n) is 18.2. The molecule has 0 bridgehead atoms. The number of aromatic nitrogens is 6. The molecule has 3 heterocycles. The molecule has 2 aromatic heterocycles. The number of H-pyrrole nitrogens is 1. The van der Waals surface area contributed by atoms with Crippen LogP contribution in [0.3, 0.4) is 0 Å². The molecule has 1 aromatic carbocycles. The van der Waals surface area contributed by atoms with E-state index in [4.69, 9.17) is 10.9 Å². The first-order chi connectivity index (χ1) is 16.6. The maximum atomic E-state index is 13.1. The maximum absolute atomic E-state index is 13.1. The van der Waals surface area contributed by atoms with Gasteiger partial charge >= 0.3 is 0 Å². The van der Waals surface area contributed by atoms with Crippen molar-refractivity contribution in [2.24, 2.45) is 10.9 Å². The number of fused-ring (bicyclic) bond motifs is 1. The fraction of sp³-hybridized carbons (Fsp3) is 0.412. The third-order valence-electron chi connectivity index (χ3n) is 5.49. The maximum Gasteiger partial charge on any atom is 0.242 e. The largest absolute Gasteiger partial charge is 0.394 e. The summed E-state index contributed by atoms with van der Waals surface area (Å²) in [5.41, 5.74) is 5.32. The van der Waals surface area contributed by atoms with E-state index >= 15 is 0 Å². The Balaban J connectivity index is 1.96. The first-order valence-corrected chi connectivity index (χ1v) is 13.3. The van der Waals surface area contributed by atoms with E-state index < -0.39 is 42.5 Å². The summed E-state index contributed by atoms with van der Waals surface area (Å²) in [5, 5.41) is 38.3. The van der Waals surface area contributed by atoms with E-state index in [1.54, 1.807) is 15.7 Å². The number of rotatable bonds is 9. The van der Waals surface area contributed by atoms with Gasteiger partial charge in [-0.25, -0.2) is 31.7 Å². The lowest BCUT2D eigenvalue weighted by atomic mass is 10.1. The Morgan fingerprint density at radius 2 is 2.06 bits per heavy atom. The highest BCUT2D eigenvalue weighted by atomic mass is 32.2. The van der Waals surface area contributed by atoms with E-state index in [9.17, 15) is 27.0 Å². The van der Waals surface area contributed by atoms with Gasteiger partial charge < -0.3 is 25.4 Å². The molecule has 1 aliphatic heterocycles. The minimum atomic E-state index is -4.68. The Kier molecular flexibility index (Phi) is 6.86. The molecule has 0 saturated carbocycles. The van der Waals surface area contributed by atoms with Gasteiger partial charge in [-0.1, -0.05) is 0 Å². The van der Waals surface area contributed by atoms with Gasteiger partial charge in [-0.2, -0.15) is 5.21 Å². The SMILES string of the molecule is NCC(O)CNS(=O)(=O)c1ccc(N2CC[C@H](CO)n3ccnc32)c(-c2nn[nH]n2)c1S(N)(=O)=O. The summed E-state index contributed by atoms with van der Waals surface area (Å²) in [4.78, 5) is 4.55. The first kappa shape index (κ1) is 25.1. The van der Waals surface area contributed by atoms with Crippen molar-refractivity contribution in [3.63, 3.8) is 0 Å². The van der Waals surface area contributed by atoms with E-state index in [-0.39, 0.29) is 36.3 Å². The Hall–Kier alpha value is -3.00. The second kappa shape index (κ2) is 9.57. The zero-order valence-corrected chi connectivity index (χ0v) is 19.8. The summed E-state index contributed by atoms with van der Waals surface area (Å²) in [6, 6.07) is 2.22. The van der Waals surface area contributed by atoms with Crippen molar-refractivity contribution in [3.8, 4) is 11.4 Å². The van der Waals surface area contributed by atoms with Crippen LogP contribution in [-0.4, -0.2) is 89.6 Å². The monoisotopic (exact) mass is 528 g/mol. The second-order valence-electron chi connectivity index (χ2n) is 7.72. The summed E-state index contributed by atoms with van der Waals surface area (Å²) >= 11 is 0. The zero-order chi connectivity index (χ0) is 25.4. The normalized spacial score (nSPS) is 17.4. The van der Waals surface area contributed by atoms with Gasteiger partial charge in [0.1, 0.15) is 9.79 Å². The third-order valence-corrected chi connectivity index (χ3v) is 8.08. The van der Waals surface area contributed by atoms with Gasteiger partial charge in [0.15, 0.2) is 0 Å². The van der Waals surface area contributed by atoms with E-state index in [1.165, 1.54) is 12.3 Å². The van der Waals surface area contributed by atoms with Crippen LogP contribution in [0.25, 0.3) is 11.4 Å². The number of aliphatic hydroxyl groups excluding tert-OH is 2. The number of benzene rings is 1. The van der Waals surface area contributed by atoms with Gasteiger partial charge in [-0.3, -0.25) is 0 Å². The second-order valence-corrected chi connectivity index (χ2v) is 11.0. The number of anilines is 2. The van der Waals surface area contributed by atoms with Crippen LogP contribution >= 0.6 is 0 Å². The molecule has 4 rings (SSSR count). The van der Waals surface area contributed by atoms with Crippen LogP contribution in [0.4, 0.5) is 11.6 Å². The highest BCUT2D eigenvalue weighted by molar-refractivity contribution is 7.92. The molecule has 0 saturated heterocycles. The number of nitrogens with one attached hydrogen (secondary N) is 2. The van der Waals surface area contributed by atoms with Crippen LogP contribution < -0.4 is 20.5 Å². The third kappa shape index (κ3) is 4.76. The molecular formula is C17H24N10O6S2. The van der Waals surface area contributed by atoms with Crippen molar-refractivity contribution >= 4 is 31.7 Å². The Labute approximate surface area is 200 Å². The topological polar surface area (TPSA) is 248 Å². The van der Waals surface area contributed by atoms with Gasteiger partial charge in [0, 0.05) is 32.0 Å². The molecule has 35 heavy (non-hydrogen) atoms. The lowest BCUT2D eigenvalue weighted by Gasteiger charge is -2.34. The van der Waals surface area contributed by atoms with Crippen LogP contribution in [0.1, 0.15) is 12.5 Å². The van der Waals surface area contributed by atoms with Crippen molar-refractivity contribution < 1.29 is 27.0 Å². The summed E-state index contributed by atoms with van der Waals surface area (Å²) < 4.78 is 55.6. The minimum Gasteiger partial charge on any atom is -0.394 e. The van der Waals surface area contributed by atoms with Crippen LogP contribution in [0.2, 0.25) is 0 Å². The fourth-order valence-corrected chi connectivity index (χ4v) is 6.51. The van der Waals surface area contributed by atoms with Gasteiger partial charge in [-0.15, -0.1) is 10.2 Å². The number of primary sulfonamides is 1. The predicted octanol–water partition coefficient (Wildman–Crippen LogP) is -2.62. The van der Waals surface area contributed by atoms with E-state index in [2.05, 4.69) is 30.3 Å². The first-order valence-electron chi connectivity index (χ1n) is 10.3. The highest BCUT2D eigenvalue weighted by Gasteiger charge is 2.35. The summed E-state index contributed by atoms with van der Waals surface area (Å²) in [5.74, 6) is 0.172. The highest BCUT2D eigenvalue weighted by Crippen LogP contribution is 2.42. The van der Waals surface area contributed by atoms with Crippen molar-refractivity contribution in [3.05, 3.63) is 24.5 Å². The number of tetrazole rings is 1. The molecule has 16 nitrogen and oxygen atoms in total. The molecule has 2 atom stereocenters. The summed E-state index contributed by atoms with van der Waals surface area (Å²) in [7, 11) is -9.17. The van der Waals surface area contributed by atoms with E-state index in [0.29, 0.717) is 18.9 Å². The minimum absolute atomic E-state index is 0.130. The Bertz CT molecular complexity index is 1410. The molecule has 0 fully saturated rings. The number of hydrogen-bond donors (Lipinski definition) is 6. The van der Waals surface area contributed by atoms with Gasteiger partial charge in [0.05, 0.1) is 30.0 Å². The van der Waals surface area contributed by atoms with Crippen LogP contribution in [0.15, 0.2) is 34.3 Å². The number of nitrogens with zero attached hydrogens (tertiary/aromatic N) is 6. The standard InChI is InChI=1S/C17H24N10O6S2/c18-7-11(29)8-21-35(32,33)13-2-1-12(14(15(13)34(19,30)31)16-22-24-25-23-16)27-5-3-10(9-28)26-6-4-20-17(26)27/h1-2,4,6,10-11,21,28-29H,3,5,7-9,18H2,(H2,19,30,31)(H,22,23,24,25)/t10-,11?/m1/s1. The molecule has 18 heteroatoms. The Morgan fingerprint density at radius 3 is 2.69 bits per heavy atom. The van der Waals surface area contributed by atoms with Crippen molar-refractivity contribution in [1.82, 2.24) is 34.9 Å². The van der Waals surface area contributed by atoms with Crippen LogP contribution in [0, 0.1) is 0 Å². The number of sulfonamides is 2. The van der Waals surface area contributed by atoms with Gasteiger partial charge in [0.2, 0.25) is 31.8 Å². The average molecular weight is 529 g/mol. The fourth-order valence-electron chi connectivity index (χ4n) is 3.85. The molecule has 0 amide bonds. The lowest BCUT2D eigenvalue weighted by molar-refractivity contribution is 0.186. The summed E-state index contributed by atoms with van der Waals surface area (Å²) in [6.45, 7) is -0.485. The molecule has 8 N–H and O–H groups in total. The van der Waals surface area contributed by atoms with Crippen molar-refractivity contribution in [2.45, 2.75) is 28.4 Å². The Morgan fingerprint density at radius 1 is 1.29 bits per heavy atom. The molecule has 3 aromatic rings. The molecule has 0 radical (unpaired) electrons.